The summed E-state index contributed by atoms with van der Waals surface area (Å²) in [5.41, 5.74) is 3.80. The van der Waals surface area contributed by atoms with E-state index in [1.165, 1.54) is 32.1 Å². The van der Waals surface area contributed by atoms with Crippen LogP contribution in [0.1, 0.15) is 39.0 Å². The molecule has 2 aromatic carbocycles. The Morgan fingerprint density at radius 2 is 1.81 bits per heavy atom. The van der Waals surface area contributed by atoms with Crippen molar-refractivity contribution in [3.05, 3.63) is 36.4 Å². The van der Waals surface area contributed by atoms with Gasteiger partial charge in [-0.3, -0.25) is 0 Å². The van der Waals surface area contributed by atoms with Gasteiger partial charge in [-0.05, 0) is 55.2 Å². The molecule has 142 valence electrons. The van der Waals surface area contributed by atoms with Gasteiger partial charge in [0.2, 0.25) is 0 Å². The van der Waals surface area contributed by atoms with Crippen molar-refractivity contribution in [2.24, 2.45) is 0 Å². The molecule has 1 aliphatic carbocycles. The Balaban J connectivity index is 1.60. The third-order valence-corrected chi connectivity index (χ3v) is 5.12. The lowest BCUT2D eigenvalue weighted by Crippen LogP contribution is -2.22. The van der Waals surface area contributed by atoms with Gasteiger partial charge in [0.1, 0.15) is 5.52 Å². The Labute approximate surface area is 159 Å². The van der Waals surface area contributed by atoms with Crippen LogP contribution in [-0.4, -0.2) is 24.7 Å². The van der Waals surface area contributed by atoms with Crippen LogP contribution in [-0.2, 0) is 0 Å². The van der Waals surface area contributed by atoms with E-state index < -0.39 is 0 Å². The van der Waals surface area contributed by atoms with Crippen molar-refractivity contribution in [3.8, 4) is 22.6 Å². The minimum Gasteiger partial charge on any atom is -0.493 e. The van der Waals surface area contributed by atoms with Gasteiger partial charge in [0.25, 0.3) is 6.01 Å². The van der Waals surface area contributed by atoms with Crippen LogP contribution in [0.4, 0.5) is 6.01 Å². The smallest absolute Gasteiger partial charge is 0.295 e. The van der Waals surface area contributed by atoms with Gasteiger partial charge >= 0.3 is 0 Å². The van der Waals surface area contributed by atoms with Crippen LogP contribution in [0.3, 0.4) is 0 Å². The van der Waals surface area contributed by atoms with Gasteiger partial charge in [-0.2, -0.15) is 4.98 Å². The van der Waals surface area contributed by atoms with Crippen LogP contribution < -0.4 is 14.8 Å². The molecule has 5 heteroatoms. The fraction of sp³-hybridized carbons (Fsp3) is 0.409. The summed E-state index contributed by atoms with van der Waals surface area (Å²) in [5, 5.41) is 3.46. The highest BCUT2D eigenvalue weighted by Crippen LogP contribution is 2.34. The molecule has 0 bridgehead atoms. The number of nitrogens with zero attached hydrogens (tertiary/aromatic N) is 1. The Morgan fingerprint density at radius 3 is 2.59 bits per heavy atom. The van der Waals surface area contributed by atoms with Gasteiger partial charge in [-0.15, -0.1) is 0 Å². The number of oxazole rings is 1. The molecule has 5 nitrogen and oxygen atoms in total. The molecule has 0 unspecified atom stereocenters. The molecule has 3 aromatic rings. The van der Waals surface area contributed by atoms with E-state index in [0.717, 1.165) is 33.7 Å². The van der Waals surface area contributed by atoms with Crippen LogP contribution in [0.25, 0.3) is 22.2 Å². The zero-order chi connectivity index (χ0) is 18.6. The quantitative estimate of drug-likeness (QED) is 0.611. The maximum absolute atomic E-state index is 5.89. The average molecular weight is 366 g/mol. The Hall–Kier alpha value is -2.69. The lowest BCUT2D eigenvalue weighted by Gasteiger charge is -2.21. The number of methoxy groups -OCH3 is 1. The van der Waals surface area contributed by atoms with Crippen molar-refractivity contribution in [3.63, 3.8) is 0 Å². The lowest BCUT2D eigenvalue weighted by molar-refractivity contribution is 0.311. The molecule has 1 heterocycles. The average Bonchev–Trinajstić information content (AvgIpc) is 3.10. The van der Waals surface area contributed by atoms with Crippen LogP contribution in [0.2, 0.25) is 0 Å². The number of hydrogen-bond acceptors (Lipinski definition) is 5. The van der Waals surface area contributed by atoms with E-state index in [1.807, 2.05) is 31.2 Å². The monoisotopic (exact) mass is 366 g/mol. The molecule has 0 aliphatic heterocycles. The summed E-state index contributed by atoms with van der Waals surface area (Å²) in [7, 11) is 1.65. The fourth-order valence-corrected chi connectivity index (χ4v) is 3.71. The standard InChI is InChI=1S/C22H26N2O3/c1-3-26-21-14-16(10-12-20(21)25-2)15-9-11-19-18(13-15)24-22(27-19)23-17-7-5-4-6-8-17/h9-14,17H,3-8H2,1-2H3,(H,23,24). The number of fused-ring (bicyclic) bond motifs is 1. The summed E-state index contributed by atoms with van der Waals surface area (Å²) in [6.45, 7) is 2.56. The second-order valence-corrected chi connectivity index (χ2v) is 6.98. The van der Waals surface area contributed by atoms with Crippen LogP contribution >= 0.6 is 0 Å². The normalized spacial score (nSPS) is 15.0. The summed E-state index contributed by atoms with van der Waals surface area (Å²) >= 11 is 0. The molecular weight excluding hydrogens is 340 g/mol. The molecule has 1 aliphatic rings. The molecule has 0 amide bonds. The fourth-order valence-electron chi connectivity index (χ4n) is 3.71. The van der Waals surface area contributed by atoms with E-state index in [9.17, 15) is 0 Å². The molecule has 1 aromatic heterocycles. The first kappa shape index (κ1) is 17.7. The molecule has 27 heavy (non-hydrogen) atoms. The van der Waals surface area contributed by atoms with Crippen LogP contribution in [0, 0.1) is 0 Å². The maximum Gasteiger partial charge on any atom is 0.295 e. The minimum atomic E-state index is 0.474. The molecule has 1 fully saturated rings. The molecule has 0 spiro atoms. The first-order chi connectivity index (χ1) is 13.3. The summed E-state index contributed by atoms with van der Waals surface area (Å²) in [6, 6.07) is 13.2. The van der Waals surface area contributed by atoms with Crippen LogP contribution in [0.5, 0.6) is 11.5 Å². The van der Waals surface area contributed by atoms with E-state index in [-0.39, 0.29) is 0 Å². The number of benzene rings is 2. The maximum atomic E-state index is 5.89. The van der Waals surface area contributed by atoms with Gasteiger partial charge in [-0.25, -0.2) is 0 Å². The van der Waals surface area contributed by atoms with Crippen molar-refractivity contribution in [2.45, 2.75) is 45.1 Å². The van der Waals surface area contributed by atoms with Gasteiger partial charge in [0.15, 0.2) is 17.1 Å². The molecule has 1 N–H and O–H groups in total. The topological polar surface area (TPSA) is 56.5 Å². The third kappa shape index (κ3) is 3.87. The highest BCUT2D eigenvalue weighted by molar-refractivity contribution is 5.82. The van der Waals surface area contributed by atoms with E-state index in [4.69, 9.17) is 13.9 Å². The second-order valence-electron chi connectivity index (χ2n) is 6.98. The van der Waals surface area contributed by atoms with Gasteiger partial charge < -0.3 is 19.2 Å². The summed E-state index contributed by atoms with van der Waals surface area (Å²) in [4.78, 5) is 4.65. The molecular formula is C22H26N2O3. The highest BCUT2D eigenvalue weighted by Gasteiger charge is 2.16. The number of hydrogen-bond donors (Lipinski definition) is 1. The first-order valence-electron chi connectivity index (χ1n) is 9.75. The van der Waals surface area contributed by atoms with Crippen molar-refractivity contribution in [1.82, 2.24) is 4.98 Å². The van der Waals surface area contributed by atoms with Crippen molar-refractivity contribution < 1.29 is 13.9 Å². The molecule has 4 rings (SSSR count). The Morgan fingerprint density at radius 1 is 1.04 bits per heavy atom. The molecule has 1 saturated carbocycles. The Bertz CT molecular complexity index is 913. The molecule has 0 radical (unpaired) electrons. The summed E-state index contributed by atoms with van der Waals surface area (Å²) < 4.78 is 17.0. The van der Waals surface area contributed by atoms with Gasteiger partial charge in [-0.1, -0.05) is 31.4 Å². The predicted octanol–water partition coefficient (Wildman–Crippen LogP) is 5.65. The van der Waals surface area contributed by atoms with Gasteiger partial charge in [0.05, 0.1) is 13.7 Å². The summed E-state index contributed by atoms with van der Waals surface area (Å²) in [5.74, 6) is 1.49. The largest absolute Gasteiger partial charge is 0.493 e. The minimum absolute atomic E-state index is 0.474. The van der Waals surface area contributed by atoms with Crippen molar-refractivity contribution in [2.75, 3.05) is 19.0 Å². The van der Waals surface area contributed by atoms with E-state index >= 15 is 0 Å². The zero-order valence-electron chi connectivity index (χ0n) is 16.0. The predicted molar refractivity (Wildman–Crippen MR) is 108 cm³/mol. The summed E-state index contributed by atoms with van der Waals surface area (Å²) in [6.07, 6.45) is 6.27. The SMILES string of the molecule is CCOc1cc(-c2ccc3oc(NC4CCCCC4)nc3c2)ccc1OC. The third-order valence-electron chi connectivity index (χ3n) is 5.12. The first-order valence-corrected chi connectivity index (χ1v) is 9.75. The number of ether oxygens (including phenoxy) is 2. The zero-order valence-corrected chi connectivity index (χ0v) is 16.0. The molecule has 0 atom stereocenters. The molecule has 0 saturated heterocycles. The number of anilines is 1. The van der Waals surface area contributed by atoms with Crippen molar-refractivity contribution >= 4 is 17.1 Å². The van der Waals surface area contributed by atoms with E-state index in [0.29, 0.717) is 18.7 Å². The highest BCUT2D eigenvalue weighted by atomic mass is 16.5. The van der Waals surface area contributed by atoms with E-state index in [2.05, 4.69) is 22.4 Å². The number of nitrogens with one attached hydrogen (secondary N) is 1. The van der Waals surface area contributed by atoms with Gasteiger partial charge in [0, 0.05) is 6.04 Å². The van der Waals surface area contributed by atoms with Crippen molar-refractivity contribution in [1.29, 1.82) is 0 Å². The number of rotatable bonds is 6. The lowest BCUT2D eigenvalue weighted by atomic mass is 9.96. The Kier molecular flexibility index (Phi) is 5.19. The number of aromatic nitrogens is 1. The second kappa shape index (κ2) is 7.91. The van der Waals surface area contributed by atoms with E-state index in [1.54, 1.807) is 7.11 Å². The van der Waals surface area contributed by atoms with Crippen LogP contribution in [0.15, 0.2) is 40.8 Å².